The number of hydrogen-bond donors (Lipinski definition) is 1. The van der Waals surface area contributed by atoms with Crippen molar-refractivity contribution < 1.29 is 19.0 Å². The number of benzene rings is 1. The Balaban J connectivity index is 2.05. The van der Waals surface area contributed by atoms with E-state index in [0.717, 1.165) is 0 Å². The van der Waals surface area contributed by atoms with Crippen molar-refractivity contribution in [3.05, 3.63) is 17.4 Å². The minimum Gasteiger partial charge on any atom is -0.489 e. The smallest absolute Gasteiger partial charge is 0.407 e. The van der Waals surface area contributed by atoms with Gasteiger partial charge in [-0.2, -0.15) is 5.26 Å². The predicted molar refractivity (Wildman–Crippen MR) is 89.2 cm³/mol. The quantitative estimate of drug-likeness (QED) is 0.643. The maximum Gasteiger partial charge on any atom is 0.407 e. The topological polar surface area (TPSA) is 92.4 Å². The van der Waals surface area contributed by atoms with Crippen LogP contribution in [0.25, 0.3) is 0 Å². The minimum absolute atomic E-state index is 0.123. The van der Waals surface area contributed by atoms with Crippen molar-refractivity contribution in [2.45, 2.75) is 6.04 Å². The number of nitriles is 1. The molecule has 9 heteroatoms. The van der Waals surface area contributed by atoms with Crippen molar-refractivity contribution >= 4 is 23.8 Å². The van der Waals surface area contributed by atoms with E-state index in [-0.39, 0.29) is 35.8 Å². The molecular formula is C16H18FN5O3. The first kappa shape index (κ1) is 16.8. The van der Waals surface area contributed by atoms with Crippen LogP contribution in [-0.4, -0.2) is 73.7 Å². The van der Waals surface area contributed by atoms with Gasteiger partial charge in [-0.3, -0.25) is 4.90 Å². The average Bonchev–Trinajstić information content (AvgIpc) is 2.70. The SMILES string of the molecule is CN(C)C=Nc1cc2c(c(F)c1C#N)N1CCN(C(=O)O)[C@H](CO2)C1. The molecule has 0 radical (unpaired) electrons. The summed E-state index contributed by atoms with van der Waals surface area (Å²) in [6, 6.07) is 3.00. The molecule has 1 aromatic carbocycles. The third kappa shape index (κ3) is 3.03. The Bertz CT molecular complexity index is 774. The van der Waals surface area contributed by atoms with Gasteiger partial charge < -0.3 is 19.6 Å². The fourth-order valence-corrected chi connectivity index (χ4v) is 3.03. The highest BCUT2D eigenvalue weighted by atomic mass is 19.1. The molecule has 0 aromatic heterocycles. The van der Waals surface area contributed by atoms with Crippen LogP contribution in [0.4, 0.5) is 20.6 Å². The summed E-state index contributed by atoms with van der Waals surface area (Å²) in [5, 5.41) is 18.6. The first-order valence-corrected chi connectivity index (χ1v) is 7.77. The molecule has 1 N–H and O–H groups in total. The summed E-state index contributed by atoms with van der Waals surface area (Å²) in [6.07, 6.45) is 0.456. The highest BCUT2D eigenvalue weighted by Gasteiger charge is 2.37. The number of fused-ring (bicyclic) bond motifs is 4. The second-order valence-electron chi connectivity index (χ2n) is 6.14. The summed E-state index contributed by atoms with van der Waals surface area (Å²) in [4.78, 5) is 20.2. The molecule has 0 saturated carbocycles. The summed E-state index contributed by atoms with van der Waals surface area (Å²) in [7, 11) is 3.53. The van der Waals surface area contributed by atoms with Crippen molar-refractivity contribution in [2.75, 3.05) is 45.2 Å². The molecule has 1 saturated heterocycles. The van der Waals surface area contributed by atoms with Crippen LogP contribution in [0, 0.1) is 17.1 Å². The molecule has 3 rings (SSSR count). The first-order chi connectivity index (χ1) is 11.9. The molecule has 0 spiro atoms. The molecule has 2 aliphatic heterocycles. The number of anilines is 1. The summed E-state index contributed by atoms with van der Waals surface area (Å²) in [5.74, 6) is -0.410. The standard InChI is InChI=1S/C16H18FN5O3/c1-20(2)9-19-12-5-13-15(14(17)11(12)6-18)21-3-4-22(16(23)24)10(7-21)8-25-13/h5,9-10H,3-4,7-8H2,1-2H3,(H,23,24)/t10-/m0/s1. The van der Waals surface area contributed by atoms with Crippen LogP contribution in [0.5, 0.6) is 5.75 Å². The molecule has 1 amide bonds. The van der Waals surface area contributed by atoms with E-state index in [1.54, 1.807) is 23.9 Å². The maximum atomic E-state index is 15.0. The minimum atomic E-state index is -1.02. The lowest BCUT2D eigenvalue weighted by molar-refractivity contribution is 0.101. The molecule has 0 unspecified atom stereocenters. The van der Waals surface area contributed by atoms with Crippen molar-refractivity contribution in [3.8, 4) is 11.8 Å². The van der Waals surface area contributed by atoms with Gasteiger partial charge >= 0.3 is 6.09 Å². The molecule has 1 atom stereocenters. The van der Waals surface area contributed by atoms with Gasteiger partial charge in [0.2, 0.25) is 0 Å². The number of hydrogen-bond acceptors (Lipinski definition) is 5. The number of ether oxygens (including phenoxy) is 1. The normalized spacial score (nSPS) is 19.0. The van der Waals surface area contributed by atoms with Crippen molar-refractivity contribution in [1.82, 2.24) is 9.80 Å². The van der Waals surface area contributed by atoms with Crippen molar-refractivity contribution in [1.29, 1.82) is 5.26 Å². The zero-order chi connectivity index (χ0) is 18.1. The highest BCUT2D eigenvalue weighted by Crippen LogP contribution is 2.41. The van der Waals surface area contributed by atoms with Gasteiger partial charge in [-0.15, -0.1) is 0 Å². The van der Waals surface area contributed by atoms with Gasteiger partial charge in [0.05, 0.1) is 18.1 Å². The molecule has 2 heterocycles. The number of carbonyl (C=O) groups is 1. The van der Waals surface area contributed by atoms with Crippen LogP contribution in [-0.2, 0) is 0 Å². The molecule has 25 heavy (non-hydrogen) atoms. The van der Waals surface area contributed by atoms with Gasteiger partial charge in [0.15, 0.2) is 5.82 Å². The average molecular weight is 347 g/mol. The van der Waals surface area contributed by atoms with Gasteiger partial charge in [0, 0.05) is 39.8 Å². The van der Waals surface area contributed by atoms with E-state index in [2.05, 4.69) is 4.99 Å². The second-order valence-corrected chi connectivity index (χ2v) is 6.14. The fraction of sp³-hybridized carbons (Fsp3) is 0.438. The number of rotatable bonds is 2. The van der Waals surface area contributed by atoms with Crippen molar-refractivity contribution in [3.63, 3.8) is 0 Å². The Morgan fingerprint density at radius 2 is 2.32 bits per heavy atom. The number of amides is 1. The van der Waals surface area contributed by atoms with Crippen LogP contribution >= 0.6 is 0 Å². The molecular weight excluding hydrogens is 329 g/mol. The van der Waals surface area contributed by atoms with Crippen LogP contribution in [0.3, 0.4) is 0 Å². The van der Waals surface area contributed by atoms with Gasteiger partial charge in [-0.1, -0.05) is 0 Å². The molecule has 1 aromatic rings. The van der Waals surface area contributed by atoms with E-state index in [9.17, 15) is 15.2 Å². The molecule has 1 fully saturated rings. The highest BCUT2D eigenvalue weighted by molar-refractivity contribution is 5.75. The predicted octanol–water partition coefficient (Wildman–Crippen LogP) is 1.48. The summed E-state index contributed by atoms with van der Waals surface area (Å²) in [5.41, 5.74) is 0.229. The zero-order valence-corrected chi connectivity index (χ0v) is 13.9. The van der Waals surface area contributed by atoms with E-state index in [0.29, 0.717) is 13.1 Å². The van der Waals surface area contributed by atoms with Gasteiger partial charge in [0.25, 0.3) is 0 Å². The number of carboxylic acid groups (broad SMARTS) is 1. The van der Waals surface area contributed by atoms with Crippen molar-refractivity contribution in [2.24, 2.45) is 4.99 Å². The zero-order valence-electron chi connectivity index (χ0n) is 13.9. The van der Waals surface area contributed by atoms with E-state index in [4.69, 9.17) is 4.74 Å². The number of halogens is 1. The Morgan fingerprint density at radius 1 is 1.56 bits per heavy atom. The van der Waals surface area contributed by atoms with Crippen LogP contribution in [0.2, 0.25) is 0 Å². The summed E-state index contributed by atoms with van der Waals surface area (Å²) < 4.78 is 20.7. The van der Waals surface area contributed by atoms with Gasteiger partial charge in [-0.05, 0) is 0 Å². The lowest BCUT2D eigenvalue weighted by Crippen LogP contribution is -2.56. The third-order valence-corrected chi connectivity index (χ3v) is 4.20. The fourth-order valence-electron chi connectivity index (χ4n) is 3.03. The molecule has 2 aliphatic rings. The van der Waals surface area contributed by atoms with Crippen LogP contribution in [0.15, 0.2) is 11.1 Å². The number of piperazine rings is 1. The second kappa shape index (κ2) is 6.47. The molecule has 0 aliphatic carbocycles. The number of nitrogens with zero attached hydrogens (tertiary/aromatic N) is 5. The molecule has 8 nitrogen and oxygen atoms in total. The van der Waals surface area contributed by atoms with Crippen LogP contribution in [0.1, 0.15) is 5.56 Å². The molecule has 132 valence electrons. The lowest BCUT2D eigenvalue weighted by Gasteiger charge is -2.38. The van der Waals surface area contributed by atoms with Crippen LogP contribution < -0.4 is 9.64 Å². The van der Waals surface area contributed by atoms with E-state index in [1.165, 1.54) is 17.3 Å². The monoisotopic (exact) mass is 347 g/mol. The summed E-state index contributed by atoms with van der Waals surface area (Å²) >= 11 is 0. The van der Waals surface area contributed by atoms with Gasteiger partial charge in [0.1, 0.15) is 29.7 Å². The van der Waals surface area contributed by atoms with E-state index < -0.39 is 18.0 Å². The van der Waals surface area contributed by atoms with Gasteiger partial charge in [-0.25, -0.2) is 14.2 Å². The third-order valence-electron chi connectivity index (χ3n) is 4.20. The Morgan fingerprint density at radius 3 is 2.96 bits per heavy atom. The number of aliphatic imine (C=N–C) groups is 1. The Hall–Kier alpha value is -3.02. The lowest BCUT2D eigenvalue weighted by atomic mass is 10.1. The summed E-state index contributed by atoms with van der Waals surface area (Å²) in [6.45, 7) is 1.03. The van der Waals surface area contributed by atoms with E-state index >= 15 is 4.39 Å². The maximum absolute atomic E-state index is 15.0. The Labute approximate surface area is 144 Å². The molecule has 2 bridgehead atoms. The van der Waals surface area contributed by atoms with E-state index in [1.807, 2.05) is 6.07 Å². The Kier molecular flexibility index (Phi) is 4.35. The largest absolute Gasteiger partial charge is 0.489 e. The first-order valence-electron chi connectivity index (χ1n) is 7.77.